The first kappa shape index (κ1) is 11.6. The van der Waals surface area contributed by atoms with Gasteiger partial charge < -0.3 is 14.4 Å². The van der Waals surface area contributed by atoms with Crippen LogP contribution in [-0.4, -0.2) is 40.7 Å². The van der Waals surface area contributed by atoms with E-state index in [0.717, 1.165) is 18.0 Å². The van der Waals surface area contributed by atoms with E-state index in [-0.39, 0.29) is 6.10 Å². The minimum absolute atomic E-state index is 0.355. The number of rotatable bonds is 4. The summed E-state index contributed by atoms with van der Waals surface area (Å²) in [5, 5.41) is 9.25. The smallest absolute Gasteiger partial charge is 0.195 e. The lowest BCUT2D eigenvalue weighted by molar-refractivity contribution is 0.194. The monoisotopic (exact) mass is 224 g/mol. The van der Waals surface area contributed by atoms with Crippen molar-refractivity contribution in [1.82, 2.24) is 9.88 Å². The van der Waals surface area contributed by atoms with Gasteiger partial charge >= 0.3 is 0 Å². The summed E-state index contributed by atoms with van der Waals surface area (Å²) in [6.45, 7) is 2.94. The fourth-order valence-electron chi connectivity index (χ4n) is 2.28. The molecule has 1 aliphatic rings. The van der Waals surface area contributed by atoms with Crippen LogP contribution in [0.4, 0.5) is 0 Å². The van der Waals surface area contributed by atoms with Gasteiger partial charge in [-0.1, -0.05) is 0 Å². The first-order valence-corrected chi connectivity index (χ1v) is 5.96. The predicted molar refractivity (Wildman–Crippen MR) is 61.2 cm³/mol. The summed E-state index contributed by atoms with van der Waals surface area (Å²) in [6, 6.07) is 0.568. The van der Waals surface area contributed by atoms with E-state index in [1.165, 1.54) is 19.4 Å². The highest BCUT2D eigenvalue weighted by molar-refractivity contribution is 5.00. The first-order chi connectivity index (χ1) is 7.65. The average Bonchev–Trinajstić information content (AvgIpc) is 2.77. The highest BCUT2D eigenvalue weighted by Crippen LogP contribution is 2.19. The van der Waals surface area contributed by atoms with Gasteiger partial charge in [0.2, 0.25) is 0 Å². The quantitative estimate of drug-likeness (QED) is 0.836. The first-order valence-electron chi connectivity index (χ1n) is 5.96. The molecule has 90 valence electrons. The van der Waals surface area contributed by atoms with Gasteiger partial charge in [0, 0.05) is 18.9 Å². The maximum atomic E-state index is 9.25. The minimum atomic E-state index is -0.355. The molecule has 1 saturated heterocycles. The largest absolute Gasteiger partial charge is 0.449 e. The highest BCUT2D eigenvalue weighted by Gasteiger charge is 2.22. The number of aromatic nitrogens is 1. The summed E-state index contributed by atoms with van der Waals surface area (Å²) < 4.78 is 5.43. The fourth-order valence-corrected chi connectivity index (χ4v) is 2.28. The van der Waals surface area contributed by atoms with E-state index in [9.17, 15) is 5.11 Å². The number of hydrogen-bond donors (Lipinski definition) is 1. The van der Waals surface area contributed by atoms with Gasteiger partial charge in [-0.3, -0.25) is 0 Å². The third-order valence-electron chi connectivity index (χ3n) is 3.19. The molecular formula is C12H20N2O2. The van der Waals surface area contributed by atoms with Gasteiger partial charge in [-0.25, -0.2) is 4.98 Å². The Hall–Kier alpha value is -0.870. The molecule has 1 aromatic heterocycles. The van der Waals surface area contributed by atoms with Crippen molar-refractivity contribution in [3.63, 3.8) is 0 Å². The number of aliphatic hydroxyl groups excluding tert-OH is 1. The molecule has 0 radical (unpaired) electrons. The van der Waals surface area contributed by atoms with Crippen LogP contribution >= 0.6 is 0 Å². The lowest BCUT2D eigenvalue weighted by Crippen LogP contribution is -2.26. The van der Waals surface area contributed by atoms with Gasteiger partial charge in [-0.15, -0.1) is 0 Å². The van der Waals surface area contributed by atoms with Crippen molar-refractivity contribution in [3.05, 3.63) is 17.8 Å². The zero-order valence-electron chi connectivity index (χ0n) is 10.0. The Labute approximate surface area is 96.3 Å². The zero-order valence-corrected chi connectivity index (χ0v) is 10.0. The molecule has 2 heterocycles. The summed E-state index contributed by atoms with van der Waals surface area (Å²) in [5.74, 6) is 0.800. The van der Waals surface area contributed by atoms with E-state index in [4.69, 9.17) is 4.42 Å². The standard InChI is InChI=1S/C12H20N2O2/c1-9(15)6-10-8-16-12(13-10)7-11-4-3-5-14(11)2/h8-9,11,15H,3-7H2,1-2H3. The molecular weight excluding hydrogens is 204 g/mol. The minimum Gasteiger partial charge on any atom is -0.449 e. The number of aliphatic hydroxyl groups is 1. The van der Waals surface area contributed by atoms with Crippen LogP contribution in [0.3, 0.4) is 0 Å². The highest BCUT2D eigenvalue weighted by atomic mass is 16.3. The molecule has 1 N–H and O–H groups in total. The van der Waals surface area contributed by atoms with Crippen LogP contribution in [0.25, 0.3) is 0 Å². The molecule has 1 aliphatic heterocycles. The molecule has 2 atom stereocenters. The maximum absolute atomic E-state index is 9.25. The second kappa shape index (κ2) is 4.97. The van der Waals surface area contributed by atoms with Crippen molar-refractivity contribution < 1.29 is 9.52 Å². The van der Waals surface area contributed by atoms with Gasteiger partial charge in [0.15, 0.2) is 5.89 Å². The number of likely N-dealkylation sites (N-methyl/N-ethyl adjacent to an activating group) is 1. The Balaban J connectivity index is 1.92. The van der Waals surface area contributed by atoms with Crippen LogP contribution in [0.2, 0.25) is 0 Å². The van der Waals surface area contributed by atoms with Crippen LogP contribution in [0, 0.1) is 0 Å². The van der Waals surface area contributed by atoms with E-state index in [2.05, 4.69) is 16.9 Å². The summed E-state index contributed by atoms with van der Waals surface area (Å²) in [4.78, 5) is 6.75. The number of likely N-dealkylation sites (tertiary alicyclic amines) is 1. The van der Waals surface area contributed by atoms with E-state index < -0.39 is 0 Å². The lowest BCUT2D eigenvalue weighted by Gasteiger charge is -2.17. The molecule has 4 nitrogen and oxygen atoms in total. The van der Waals surface area contributed by atoms with E-state index in [0.29, 0.717) is 12.5 Å². The van der Waals surface area contributed by atoms with Gasteiger partial charge in [0.1, 0.15) is 6.26 Å². The molecule has 0 aromatic carbocycles. The van der Waals surface area contributed by atoms with Gasteiger partial charge in [0.05, 0.1) is 11.8 Å². The van der Waals surface area contributed by atoms with Crippen molar-refractivity contribution in [3.8, 4) is 0 Å². The van der Waals surface area contributed by atoms with E-state index >= 15 is 0 Å². The molecule has 1 fully saturated rings. The Kier molecular flexibility index (Phi) is 3.61. The Bertz CT molecular complexity index is 336. The Morgan fingerprint density at radius 3 is 3.12 bits per heavy atom. The molecule has 0 aliphatic carbocycles. The van der Waals surface area contributed by atoms with Crippen molar-refractivity contribution in [2.24, 2.45) is 0 Å². The van der Waals surface area contributed by atoms with Crippen LogP contribution in [-0.2, 0) is 12.8 Å². The summed E-state index contributed by atoms with van der Waals surface area (Å²) in [7, 11) is 2.15. The zero-order chi connectivity index (χ0) is 11.5. The molecule has 1 aromatic rings. The normalized spacial score (nSPS) is 23.8. The predicted octanol–water partition coefficient (Wildman–Crippen LogP) is 1.23. The molecule has 4 heteroatoms. The lowest BCUT2D eigenvalue weighted by atomic mass is 10.1. The molecule has 2 rings (SSSR count). The summed E-state index contributed by atoms with van der Waals surface area (Å²) in [6.07, 6.45) is 5.26. The molecule has 0 amide bonds. The summed E-state index contributed by atoms with van der Waals surface area (Å²) in [5.41, 5.74) is 0.852. The third-order valence-corrected chi connectivity index (χ3v) is 3.19. The second-order valence-electron chi connectivity index (χ2n) is 4.77. The van der Waals surface area contributed by atoms with Crippen molar-refractivity contribution in [1.29, 1.82) is 0 Å². The molecule has 2 unspecified atom stereocenters. The molecule has 0 spiro atoms. The van der Waals surface area contributed by atoms with Gasteiger partial charge in [-0.05, 0) is 33.4 Å². The summed E-state index contributed by atoms with van der Waals surface area (Å²) >= 11 is 0. The average molecular weight is 224 g/mol. The van der Waals surface area contributed by atoms with E-state index in [1.807, 2.05) is 0 Å². The third kappa shape index (κ3) is 2.83. The van der Waals surface area contributed by atoms with Gasteiger partial charge in [-0.2, -0.15) is 0 Å². The van der Waals surface area contributed by atoms with Crippen molar-refractivity contribution in [2.75, 3.05) is 13.6 Å². The molecule has 0 saturated carbocycles. The van der Waals surface area contributed by atoms with Crippen LogP contribution in [0.1, 0.15) is 31.4 Å². The van der Waals surface area contributed by atoms with Crippen LogP contribution in [0.5, 0.6) is 0 Å². The SMILES string of the molecule is CC(O)Cc1coc(CC2CCCN2C)n1. The molecule has 16 heavy (non-hydrogen) atoms. The van der Waals surface area contributed by atoms with Crippen LogP contribution in [0.15, 0.2) is 10.7 Å². The number of hydrogen-bond acceptors (Lipinski definition) is 4. The maximum Gasteiger partial charge on any atom is 0.195 e. The van der Waals surface area contributed by atoms with E-state index in [1.54, 1.807) is 13.2 Å². The number of oxazole rings is 1. The molecule has 0 bridgehead atoms. The van der Waals surface area contributed by atoms with Crippen LogP contribution < -0.4 is 0 Å². The Morgan fingerprint density at radius 2 is 2.50 bits per heavy atom. The topological polar surface area (TPSA) is 49.5 Å². The van der Waals surface area contributed by atoms with Crippen molar-refractivity contribution in [2.45, 2.75) is 44.8 Å². The number of nitrogens with zero attached hydrogens (tertiary/aromatic N) is 2. The van der Waals surface area contributed by atoms with Crippen molar-refractivity contribution >= 4 is 0 Å². The second-order valence-corrected chi connectivity index (χ2v) is 4.77. The Morgan fingerprint density at radius 1 is 1.69 bits per heavy atom. The fraction of sp³-hybridized carbons (Fsp3) is 0.750. The van der Waals surface area contributed by atoms with Gasteiger partial charge in [0.25, 0.3) is 0 Å².